The van der Waals surface area contributed by atoms with Crippen LogP contribution in [0.15, 0.2) is 0 Å². The summed E-state index contributed by atoms with van der Waals surface area (Å²) in [6.45, 7) is 5.83. The molecule has 1 nitrogen and oxygen atoms in total. The van der Waals surface area contributed by atoms with Crippen LogP contribution >= 0.6 is 0 Å². The average molecular weight is 243 g/mol. The van der Waals surface area contributed by atoms with Crippen LogP contribution in [0.3, 0.4) is 0 Å². The van der Waals surface area contributed by atoms with Crippen molar-refractivity contribution in [2.75, 3.05) is 7.05 Å². The van der Waals surface area contributed by atoms with Crippen LogP contribution < -0.4 is 5.32 Å². The molecule has 1 aromatic rings. The van der Waals surface area contributed by atoms with Crippen molar-refractivity contribution in [2.45, 2.75) is 64.8 Å². The third-order valence-electron chi connectivity index (χ3n) is 4.75. The highest BCUT2D eigenvalue weighted by molar-refractivity contribution is 5.56. The lowest BCUT2D eigenvalue weighted by Crippen LogP contribution is -2.13. The molecule has 0 heterocycles. The van der Waals surface area contributed by atoms with E-state index in [1.165, 1.54) is 38.5 Å². The molecule has 0 bridgehead atoms. The van der Waals surface area contributed by atoms with Crippen LogP contribution in [0.2, 0.25) is 0 Å². The van der Waals surface area contributed by atoms with E-state index in [0.29, 0.717) is 5.92 Å². The van der Waals surface area contributed by atoms with Crippen molar-refractivity contribution < 1.29 is 0 Å². The summed E-state index contributed by atoms with van der Waals surface area (Å²) in [6, 6.07) is 0. The van der Waals surface area contributed by atoms with Crippen molar-refractivity contribution in [3.8, 4) is 0 Å². The number of benzene rings is 1. The largest absolute Gasteiger partial charge is 0.316 e. The normalized spacial score (nSPS) is 17.3. The van der Waals surface area contributed by atoms with Crippen molar-refractivity contribution >= 4 is 0 Å². The van der Waals surface area contributed by atoms with Gasteiger partial charge in [-0.15, -0.1) is 0 Å². The van der Waals surface area contributed by atoms with Crippen LogP contribution in [0, 0.1) is 0 Å². The summed E-state index contributed by atoms with van der Waals surface area (Å²) in [5, 5.41) is 3.39. The molecule has 98 valence electrons. The van der Waals surface area contributed by atoms with E-state index in [4.69, 9.17) is 0 Å². The van der Waals surface area contributed by atoms with Gasteiger partial charge in [0, 0.05) is 6.54 Å². The first kappa shape index (κ1) is 12.2. The lowest BCUT2D eigenvalue weighted by atomic mass is 9.84. The molecular weight excluding hydrogens is 218 g/mol. The molecule has 0 unspecified atom stereocenters. The van der Waals surface area contributed by atoms with Gasteiger partial charge in [-0.25, -0.2) is 0 Å². The summed E-state index contributed by atoms with van der Waals surface area (Å²) in [5.41, 5.74) is 10.3. The summed E-state index contributed by atoms with van der Waals surface area (Å²) >= 11 is 0. The minimum atomic E-state index is 0.701. The molecule has 1 heteroatoms. The van der Waals surface area contributed by atoms with Gasteiger partial charge in [-0.2, -0.15) is 0 Å². The second-order valence-corrected chi connectivity index (χ2v) is 6.20. The fourth-order valence-electron chi connectivity index (χ4n) is 4.20. The van der Waals surface area contributed by atoms with Gasteiger partial charge < -0.3 is 5.32 Å². The highest BCUT2D eigenvalue weighted by atomic mass is 14.8. The first-order valence-electron chi connectivity index (χ1n) is 7.56. The zero-order chi connectivity index (χ0) is 12.7. The summed E-state index contributed by atoms with van der Waals surface area (Å²) < 4.78 is 0. The molecule has 0 aliphatic heterocycles. The lowest BCUT2D eigenvalue weighted by Gasteiger charge is -2.22. The van der Waals surface area contributed by atoms with E-state index in [0.717, 1.165) is 6.54 Å². The molecule has 3 rings (SSSR count). The van der Waals surface area contributed by atoms with E-state index < -0.39 is 0 Å². The third kappa shape index (κ3) is 1.72. The van der Waals surface area contributed by atoms with Crippen molar-refractivity contribution in [2.24, 2.45) is 0 Å². The molecule has 0 aromatic heterocycles. The number of fused-ring (bicyclic) bond motifs is 2. The fourth-order valence-corrected chi connectivity index (χ4v) is 4.20. The minimum Gasteiger partial charge on any atom is -0.316 e. The molecule has 0 radical (unpaired) electrons. The van der Waals surface area contributed by atoms with Gasteiger partial charge in [-0.05, 0) is 84.9 Å². The smallest absolute Gasteiger partial charge is 0.0208 e. The van der Waals surface area contributed by atoms with Gasteiger partial charge in [-0.3, -0.25) is 0 Å². The molecule has 0 spiro atoms. The van der Waals surface area contributed by atoms with Crippen molar-refractivity contribution in [3.05, 3.63) is 33.4 Å². The van der Waals surface area contributed by atoms with Gasteiger partial charge in [-0.1, -0.05) is 13.8 Å². The molecule has 0 fully saturated rings. The topological polar surface area (TPSA) is 12.0 Å². The van der Waals surface area contributed by atoms with Crippen LogP contribution in [0.25, 0.3) is 0 Å². The molecule has 18 heavy (non-hydrogen) atoms. The predicted octanol–water partition coefficient (Wildman–Crippen LogP) is 3.51. The zero-order valence-electron chi connectivity index (χ0n) is 12.0. The van der Waals surface area contributed by atoms with Crippen LogP contribution in [0.5, 0.6) is 0 Å². The van der Waals surface area contributed by atoms with Gasteiger partial charge in [0.2, 0.25) is 0 Å². The maximum atomic E-state index is 3.39. The first-order valence-corrected chi connectivity index (χ1v) is 7.56. The molecule has 0 saturated heterocycles. The Morgan fingerprint density at radius 3 is 1.83 bits per heavy atom. The Morgan fingerprint density at radius 1 is 0.889 bits per heavy atom. The Morgan fingerprint density at radius 2 is 1.39 bits per heavy atom. The Labute approximate surface area is 111 Å². The molecule has 2 aliphatic rings. The Hall–Kier alpha value is -0.820. The lowest BCUT2D eigenvalue weighted by molar-refractivity contribution is 0.787. The maximum absolute atomic E-state index is 3.39. The number of hydrogen-bond donors (Lipinski definition) is 1. The second kappa shape index (κ2) is 4.70. The summed E-state index contributed by atoms with van der Waals surface area (Å²) in [7, 11) is 2.08. The first-order chi connectivity index (χ1) is 8.74. The molecular formula is C17H25N. The third-order valence-corrected chi connectivity index (χ3v) is 4.75. The summed E-state index contributed by atoms with van der Waals surface area (Å²) in [5.74, 6) is 0.701. The van der Waals surface area contributed by atoms with E-state index in [-0.39, 0.29) is 0 Å². The van der Waals surface area contributed by atoms with Crippen molar-refractivity contribution in [3.63, 3.8) is 0 Å². The average Bonchev–Trinajstić information content (AvgIpc) is 2.96. The van der Waals surface area contributed by atoms with E-state index in [1.807, 2.05) is 0 Å². The SMILES string of the molecule is CNCc1c2c(c(C(C)C)c3c1CCC3)CCC2. The van der Waals surface area contributed by atoms with Gasteiger partial charge in [0.05, 0.1) is 0 Å². The molecule has 0 atom stereocenters. The van der Waals surface area contributed by atoms with Gasteiger partial charge in [0.25, 0.3) is 0 Å². The summed E-state index contributed by atoms with van der Waals surface area (Å²) in [4.78, 5) is 0. The van der Waals surface area contributed by atoms with Crippen molar-refractivity contribution in [1.82, 2.24) is 5.32 Å². The highest BCUT2D eigenvalue weighted by Crippen LogP contribution is 2.41. The van der Waals surface area contributed by atoms with Crippen LogP contribution in [0.4, 0.5) is 0 Å². The van der Waals surface area contributed by atoms with Crippen LogP contribution in [-0.2, 0) is 32.2 Å². The number of rotatable bonds is 3. The van der Waals surface area contributed by atoms with E-state index in [2.05, 4.69) is 26.2 Å². The van der Waals surface area contributed by atoms with Gasteiger partial charge in [0.1, 0.15) is 0 Å². The Bertz CT molecular complexity index is 436. The van der Waals surface area contributed by atoms with E-state index >= 15 is 0 Å². The Balaban J connectivity index is 2.25. The van der Waals surface area contributed by atoms with Crippen molar-refractivity contribution in [1.29, 1.82) is 0 Å². The minimum absolute atomic E-state index is 0.701. The van der Waals surface area contributed by atoms with Gasteiger partial charge >= 0.3 is 0 Å². The standard InChI is InChI=1S/C17H25N/c1-11(2)17-14-8-4-6-12(14)16(10-18-3)13-7-5-9-15(13)17/h11,18H,4-10H2,1-3H3. The van der Waals surface area contributed by atoms with Crippen LogP contribution in [-0.4, -0.2) is 7.05 Å². The molecule has 1 aromatic carbocycles. The monoisotopic (exact) mass is 243 g/mol. The zero-order valence-corrected chi connectivity index (χ0v) is 12.0. The molecule has 0 amide bonds. The number of hydrogen-bond acceptors (Lipinski definition) is 1. The Kier molecular flexibility index (Phi) is 3.19. The molecule has 1 N–H and O–H groups in total. The fraction of sp³-hybridized carbons (Fsp3) is 0.647. The summed E-state index contributed by atoms with van der Waals surface area (Å²) in [6.07, 6.45) is 8.03. The maximum Gasteiger partial charge on any atom is 0.0208 e. The predicted molar refractivity (Wildman–Crippen MR) is 77.3 cm³/mol. The van der Waals surface area contributed by atoms with Gasteiger partial charge in [0.15, 0.2) is 0 Å². The highest BCUT2D eigenvalue weighted by Gasteiger charge is 2.28. The molecule has 0 saturated carbocycles. The molecule has 2 aliphatic carbocycles. The number of nitrogens with one attached hydrogen (secondary N) is 1. The second-order valence-electron chi connectivity index (χ2n) is 6.20. The van der Waals surface area contributed by atoms with E-state index in [1.54, 1.807) is 33.4 Å². The quantitative estimate of drug-likeness (QED) is 0.856. The van der Waals surface area contributed by atoms with Crippen LogP contribution in [0.1, 0.15) is 66.0 Å². The van der Waals surface area contributed by atoms with E-state index in [9.17, 15) is 0 Å².